The molecule has 0 radical (unpaired) electrons. The molecular formula is C14H21NOS. The van der Waals surface area contributed by atoms with Crippen LogP contribution >= 0.6 is 11.8 Å². The van der Waals surface area contributed by atoms with E-state index in [1.54, 1.807) is 11.8 Å². The van der Waals surface area contributed by atoms with Gasteiger partial charge in [-0.3, -0.25) is 0 Å². The number of para-hydroxylation sites is 1. The molecule has 0 bridgehead atoms. The minimum Gasteiger partial charge on any atom is -0.381 e. The van der Waals surface area contributed by atoms with E-state index in [4.69, 9.17) is 4.74 Å². The number of hydrogen-bond acceptors (Lipinski definition) is 3. The van der Waals surface area contributed by atoms with E-state index in [1.807, 2.05) is 0 Å². The predicted octanol–water partition coefficient (Wildman–Crippen LogP) is 3.78. The third-order valence-electron chi connectivity index (χ3n) is 3.16. The number of thioether (sulfide) groups is 1. The van der Waals surface area contributed by atoms with Gasteiger partial charge in [0.15, 0.2) is 0 Å². The average molecular weight is 251 g/mol. The van der Waals surface area contributed by atoms with Crippen LogP contribution < -0.4 is 5.32 Å². The Bertz CT molecular complexity index is 378. The Morgan fingerprint density at radius 2 is 2.12 bits per heavy atom. The van der Waals surface area contributed by atoms with Crippen LogP contribution in [0.15, 0.2) is 29.2 Å². The molecule has 0 saturated carbocycles. The Hall–Kier alpha value is -0.670. The zero-order valence-corrected chi connectivity index (χ0v) is 11.6. The van der Waals surface area contributed by atoms with Gasteiger partial charge in [0.25, 0.3) is 0 Å². The summed E-state index contributed by atoms with van der Waals surface area (Å²) in [5.41, 5.74) is 1.26. The van der Waals surface area contributed by atoms with Gasteiger partial charge in [0.05, 0.1) is 5.60 Å². The first kappa shape index (κ1) is 12.8. The first-order valence-electron chi connectivity index (χ1n) is 6.14. The van der Waals surface area contributed by atoms with Crippen LogP contribution in [0.3, 0.4) is 0 Å². The van der Waals surface area contributed by atoms with Crippen LogP contribution in [-0.2, 0) is 4.74 Å². The van der Waals surface area contributed by atoms with Crippen molar-refractivity contribution in [3.63, 3.8) is 0 Å². The van der Waals surface area contributed by atoms with Crippen LogP contribution in [0.25, 0.3) is 0 Å². The molecule has 1 saturated heterocycles. The monoisotopic (exact) mass is 251 g/mol. The van der Waals surface area contributed by atoms with Gasteiger partial charge >= 0.3 is 0 Å². The molecule has 0 amide bonds. The maximum absolute atomic E-state index is 5.74. The van der Waals surface area contributed by atoms with Crippen LogP contribution in [0.1, 0.15) is 26.7 Å². The second kappa shape index (κ2) is 5.32. The lowest BCUT2D eigenvalue weighted by Crippen LogP contribution is -2.40. The Morgan fingerprint density at radius 3 is 2.82 bits per heavy atom. The number of hydrogen-bond donors (Lipinski definition) is 1. The van der Waals surface area contributed by atoms with Crippen molar-refractivity contribution in [1.29, 1.82) is 0 Å². The smallest absolute Gasteiger partial charge is 0.0646 e. The number of benzene rings is 1. The molecule has 3 heteroatoms. The summed E-state index contributed by atoms with van der Waals surface area (Å²) >= 11 is 1.79. The first-order valence-corrected chi connectivity index (χ1v) is 7.37. The fourth-order valence-corrected chi connectivity index (χ4v) is 2.90. The van der Waals surface area contributed by atoms with Gasteiger partial charge in [-0.1, -0.05) is 12.1 Å². The maximum Gasteiger partial charge on any atom is 0.0646 e. The van der Waals surface area contributed by atoms with Crippen molar-refractivity contribution in [1.82, 2.24) is 0 Å². The van der Waals surface area contributed by atoms with E-state index in [0.717, 1.165) is 19.4 Å². The molecule has 0 spiro atoms. The summed E-state index contributed by atoms with van der Waals surface area (Å²) < 4.78 is 5.74. The molecule has 2 nitrogen and oxygen atoms in total. The fourth-order valence-electron chi connectivity index (χ4n) is 2.34. The number of nitrogens with one attached hydrogen (secondary N) is 1. The van der Waals surface area contributed by atoms with E-state index in [-0.39, 0.29) is 5.60 Å². The number of ether oxygens (including phenoxy) is 1. The predicted molar refractivity (Wildman–Crippen MR) is 74.9 cm³/mol. The number of anilines is 1. The van der Waals surface area contributed by atoms with Crippen molar-refractivity contribution >= 4 is 17.4 Å². The lowest BCUT2D eigenvalue weighted by Gasteiger charge is -2.36. The van der Waals surface area contributed by atoms with Crippen LogP contribution in [0, 0.1) is 0 Å². The summed E-state index contributed by atoms with van der Waals surface area (Å²) in [5, 5.41) is 3.66. The standard InChI is InChI=1S/C14H21NOS/c1-14(2)10-11(8-9-16-14)15-12-6-4-5-7-13(12)17-3/h4-7,11,15H,8-10H2,1-3H3. The highest BCUT2D eigenvalue weighted by molar-refractivity contribution is 7.98. The maximum atomic E-state index is 5.74. The van der Waals surface area contributed by atoms with Crippen LogP contribution in [0.4, 0.5) is 5.69 Å². The highest BCUT2D eigenvalue weighted by atomic mass is 32.2. The normalized spacial score (nSPS) is 23.4. The van der Waals surface area contributed by atoms with Crippen molar-refractivity contribution in [2.24, 2.45) is 0 Å². The summed E-state index contributed by atoms with van der Waals surface area (Å²) in [5.74, 6) is 0. The van der Waals surface area contributed by atoms with E-state index in [1.165, 1.54) is 10.6 Å². The molecule has 0 aromatic heterocycles. The van der Waals surface area contributed by atoms with E-state index in [0.29, 0.717) is 6.04 Å². The van der Waals surface area contributed by atoms with Crippen molar-refractivity contribution < 1.29 is 4.74 Å². The lowest BCUT2D eigenvalue weighted by atomic mass is 9.94. The molecule has 1 heterocycles. The van der Waals surface area contributed by atoms with Gasteiger partial charge in [0.2, 0.25) is 0 Å². The third-order valence-corrected chi connectivity index (χ3v) is 3.96. The van der Waals surface area contributed by atoms with E-state index in [9.17, 15) is 0 Å². The quantitative estimate of drug-likeness (QED) is 0.826. The molecule has 1 aromatic carbocycles. The van der Waals surface area contributed by atoms with Gasteiger partial charge in [-0.15, -0.1) is 11.8 Å². The summed E-state index contributed by atoms with van der Waals surface area (Å²) in [7, 11) is 0. The molecule has 1 unspecified atom stereocenters. The van der Waals surface area contributed by atoms with Gasteiger partial charge in [0.1, 0.15) is 0 Å². The Balaban J connectivity index is 2.05. The molecule has 17 heavy (non-hydrogen) atoms. The van der Waals surface area contributed by atoms with E-state index in [2.05, 4.69) is 49.7 Å². The molecule has 1 fully saturated rings. The highest BCUT2D eigenvalue weighted by Gasteiger charge is 2.28. The zero-order valence-electron chi connectivity index (χ0n) is 10.8. The SMILES string of the molecule is CSc1ccccc1NC1CCOC(C)(C)C1. The van der Waals surface area contributed by atoms with E-state index < -0.39 is 0 Å². The van der Waals surface area contributed by atoms with Gasteiger partial charge in [0, 0.05) is 23.2 Å². The minimum absolute atomic E-state index is 0.00418. The first-order chi connectivity index (χ1) is 8.11. The third kappa shape index (κ3) is 3.39. The molecular weight excluding hydrogens is 230 g/mol. The summed E-state index contributed by atoms with van der Waals surface area (Å²) in [6.45, 7) is 5.19. The van der Waals surface area contributed by atoms with Gasteiger partial charge in [-0.25, -0.2) is 0 Å². The Labute approximate surface area is 108 Å². The molecule has 2 rings (SSSR count). The average Bonchev–Trinajstić information content (AvgIpc) is 2.28. The van der Waals surface area contributed by atoms with Gasteiger partial charge in [-0.05, 0) is 45.1 Å². The molecule has 1 atom stereocenters. The summed E-state index contributed by atoms with van der Waals surface area (Å²) in [6.07, 6.45) is 4.27. The largest absolute Gasteiger partial charge is 0.381 e. The molecule has 1 aliphatic heterocycles. The number of rotatable bonds is 3. The second-order valence-electron chi connectivity index (χ2n) is 5.14. The van der Waals surface area contributed by atoms with Gasteiger partial charge < -0.3 is 10.1 Å². The molecule has 0 aliphatic carbocycles. The van der Waals surface area contributed by atoms with Gasteiger partial charge in [-0.2, -0.15) is 0 Å². The minimum atomic E-state index is 0.00418. The lowest BCUT2D eigenvalue weighted by molar-refractivity contribution is -0.0553. The molecule has 1 aliphatic rings. The van der Waals surface area contributed by atoms with Crippen molar-refractivity contribution in [3.05, 3.63) is 24.3 Å². The Morgan fingerprint density at radius 1 is 1.35 bits per heavy atom. The molecule has 94 valence electrons. The Kier molecular flexibility index (Phi) is 4.00. The fraction of sp³-hybridized carbons (Fsp3) is 0.571. The molecule has 1 N–H and O–H groups in total. The van der Waals surface area contributed by atoms with Crippen molar-refractivity contribution in [2.75, 3.05) is 18.2 Å². The second-order valence-corrected chi connectivity index (χ2v) is 5.99. The van der Waals surface area contributed by atoms with Crippen molar-refractivity contribution in [3.8, 4) is 0 Å². The van der Waals surface area contributed by atoms with E-state index >= 15 is 0 Å². The highest BCUT2D eigenvalue weighted by Crippen LogP contribution is 2.30. The van der Waals surface area contributed by atoms with Crippen LogP contribution in [0.2, 0.25) is 0 Å². The zero-order chi connectivity index (χ0) is 12.3. The summed E-state index contributed by atoms with van der Waals surface area (Å²) in [6, 6.07) is 9.02. The van der Waals surface area contributed by atoms with Crippen LogP contribution in [-0.4, -0.2) is 24.5 Å². The topological polar surface area (TPSA) is 21.3 Å². The molecule has 1 aromatic rings. The van der Waals surface area contributed by atoms with Crippen molar-refractivity contribution in [2.45, 2.75) is 43.2 Å². The van der Waals surface area contributed by atoms with Crippen LogP contribution in [0.5, 0.6) is 0 Å². The summed E-state index contributed by atoms with van der Waals surface area (Å²) in [4.78, 5) is 1.32.